The minimum absolute atomic E-state index is 0.108. The van der Waals surface area contributed by atoms with E-state index in [1.807, 2.05) is 18.7 Å². The number of carbonyl (C=O) groups excluding carboxylic acids is 2. The first-order valence-corrected chi connectivity index (χ1v) is 9.29. The van der Waals surface area contributed by atoms with Crippen molar-refractivity contribution >= 4 is 11.9 Å². The second kappa shape index (κ2) is 7.45. The van der Waals surface area contributed by atoms with Gasteiger partial charge in [0.25, 0.3) is 0 Å². The van der Waals surface area contributed by atoms with Crippen molar-refractivity contribution < 1.29 is 9.59 Å². The third-order valence-corrected chi connectivity index (χ3v) is 5.28. The molecule has 7 nitrogen and oxygen atoms in total. The summed E-state index contributed by atoms with van der Waals surface area (Å²) in [4.78, 5) is 27.9. The van der Waals surface area contributed by atoms with Gasteiger partial charge in [0.2, 0.25) is 5.91 Å². The van der Waals surface area contributed by atoms with Crippen molar-refractivity contribution in [3.05, 3.63) is 17.0 Å². The number of fused-ring (bicyclic) bond motifs is 1. The second-order valence-corrected chi connectivity index (χ2v) is 7.59. The minimum atomic E-state index is -0.108. The van der Waals surface area contributed by atoms with E-state index in [2.05, 4.69) is 15.5 Å². The van der Waals surface area contributed by atoms with Crippen LogP contribution in [0.4, 0.5) is 4.79 Å². The smallest absolute Gasteiger partial charge is 0.317 e. The van der Waals surface area contributed by atoms with Crippen LogP contribution in [-0.4, -0.2) is 58.1 Å². The fourth-order valence-corrected chi connectivity index (χ4v) is 3.79. The van der Waals surface area contributed by atoms with E-state index in [1.165, 1.54) is 24.1 Å². The highest BCUT2D eigenvalue weighted by atomic mass is 16.2. The van der Waals surface area contributed by atoms with Gasteiger partial charge in [-0.2, -0.15) is 5.10 Å². The summed E-state index contributed by atoms with van der Waals surface area (Å²) in [5.41, 5.74) is 3.50. The van der Waals surface area contributed by atoms with Crippen LogP contribution in [0.2, 0.25) is 0 Å². The lowest BCUT2D eigenvalue weighted by atomic mass is 9.96. The summed E-state index contributed by atoms with van der Waals surface area (Å²) in [5, 5.41) is 10.5. The minimum Gasteiger partial charge on any atom is -0.340 e. The molecule has 0 spiro atoms. The Morgan fingerprint density at radius 1 is 1.40 bits per heavy atom. The van der Waals surface area contributed by atoms with Crippen molar-refractivity contribution in [3.63, 3.8) is 0 Å². The van der Waals surface area contributed by atoms with Crippen molar-refractivity contribution in [2.24, 2.45) is 5.92 Å². The molecule has 3 amide bonds. The maximum Gasteiger partial charge on any atom is 0.317 e. The third kappa shape index (κ3) is 3.96. The first-order chi connectivity index (χ1) is 12.0. The van der Waals surface area contributed by atoms with Crippen molar-refractivity contribution in [1.82, 2.24) is 25.3 Å². The van der Waals surface area contributed by atoms with Crippen molar-refractivity contribution in [3.8, 4) is 0 Å². The second-order valence-electron chi connectivity index (χ2n) is 7.59. The SMILES string of the molecule is CC(C)N1C[C@@H](CNC(=O)N(C)Cc2n[nH]c3c2CCCC3)CC1=O. The number of amides is 3. The molecule has 138 valence electrons. The van der Waals surface area contributed by atoms with Gasteiger partial charge >= 0.3 is 6.03 Å². The summed E-state index contributed by atoms with van der Waals surface area (Å²) < 4.78 is 0. The summed E-state index contributed by atoms with van der Waals surface area (Å²) in [6.45, 7) is 5.83. The molecule has 1 aromatic heterocycles. The number of hydrogen-bond acceptors (Lipinski definition) is 3. The van der Waals surface area contributed by atoms with Crippen LogP contribution < -0.4 is 5.32 Å². The van der Waals surface area contributed by atoms with Gasteiger partial charge in [-0.15, -0.1) is 0 Å². The maximum atomic E-state index is 12.4. The summed E-state index contributed by atoms with van der Waals surface area (Å²) >= 11 is 0. The van der Waals surface area contributed by atoms with E-state index in [-0.39, 0.29) is 23.9 Å². The zero-order valence-corrected chi connectivity index (χ0v) is 15.5. The zero-order valence-electron chi connectivity index (χ0n) is 15.5. The average molecular weight is 347 g/mol. The van der Waals surface area contributed by atoms with Crippen molar-refractivity contribution in [2.45, 2.75) is 58.5 Å². The topological polar surface area (TPSA) is 81.3 Å². The van der Waals surface area contributed by atoms with Gasteiger partial charge in [0.1, 0.15) is 0 Å². The van der Waals surface area contributed by atoms with Crippen LogP contribution in [0.15, 0.2) is 0 Å². The molecule has 1 atom stereocenters. The summed E-state index contributed by atoms with van der Waals surface area (Å²) in [6, 6.07) is 0.115. The number of urea groups is 1. The Hall–Kier alpha value is -2.05. The normalized spacial score (nSPS) is 20.1. The molecule has 1 fully saturated rings. The molecule has 25 heavy (non-hydrogen) atoms. The van der Waals surface area contributed by atoms with E-state index in [0.29, 0.717) is 19.5 Å². The van der Waals surface area contributed by atoms with Crippen molar-refractivity contribution in [2.75, 3.05) is 20.1 Å². The molecule has 1 aliphatic carbocycles. The fourth-order valence-electron chi connectivity index (χ4n) is 3.79. The molecule has 7 heteroatoms. The lowest BCUT2D eigenvalue weighted by Crippen LogP contribution is -2.40. The molecule has 2 heterocycles. The van der Waals surface area contributed by atoms with Gasteiger partial charge in [-0.3, -0.25) is 9.89 Å². The van der Waals surface area contributed by atoms with Gasteiger partial charge in [0.15, 0.2) is 0 Å². The van der Waals surface area contributed by atoms with Gasteiger partial charge in [-0.25, -0.2) is 4.79 Å². The molecule has 3 rings (SSSR count). The van der Waals surface area contributed by atoms with Gasteiger partial charge in [0.05, 0.1) is 12.2 Å². The third-order valence-electron chi connectivity index (χ3n) is 5.28. The van der Waals surface area contributed by atoms with Gasteiger partial charge in [-0.05, 0) is 45.1 Å². The molecular weight excluding hydrogens is 318 g/mol. The lowest BCUT2D eigenvalue weighted by molar-refractivity contribution is -0.129. The van der Waals surface area contributed by atoms with Crippen LogP contribution in [0.25, 0.3) is 0 Å². The van der Waals surface area contributed by atoms with E-state index >= 15 is 0 Å². The molecule has 2 aliphatic rings. The molecule has 0 radical (unpaired) electrons. The summed E-state index contributed by atoms with van der Waals surface area (Å²) in [5.74, 6) is 0.385. The average Bonchev–Trinajstić information content (AvgIpc) is 3.16. The number of aryl methyl sites for hydroxylation is 1. The zero-order chi connectivity index (χ0) is 18.0. The van der Waals surface area contributed by atoms with Gasteiger partial charge < -0.3 is 15.1 Å². The maximum absolute atomic E-state index is 12.4. The number of rotatable bonds is 5. The molecule has 1 aromatic rings. The lowest BCUT2D eigenvalue weighted by Gasteiger charge is -2.22. The Balaban J connectivity index is 1.49. The Bertz CT molecular complexity index is 639. The molecule has 1 aliphatic heterocycles. The first kappa shape index (κ1) is 17.8. The highest BCUT2D eigenvalue weighted by Gasteiger charge is 2.31. The van der Waals surface area contributed by atoms with Crippen LogP contribution in [-0.2, 0) is 24.2 Å². The highest BCUT2D eigenvalue weighted by Crippen LogP contribution is 2.23. The molecule has 2 N–H and O–H groups in total. The van der Waals surface area contributed by atoms with Gasteiger partial charge in [0, 0.05) is 44.2 Å². The number of likely N-dealkylation sites (tertiary alicyclic amines) is 1. The first-order valence-electron chi connectivity index (χ1n) is 9.29. The van der Waals surface area contributed by atoms with E-state index < -0.39 is 0 Å². The van der Waals surface area contributed by atoms with Crippen LogP contribution in [0.3, 0.4) is 0 Å². The molecule has 0 saturated carbocycles. The molecular formula is C18H29N5O2. The predicted molar refractivity (Wildman–Crippen MR) is 95.1 cm³/mol. The quantitative estimate of drug-likeness (QED) is 0.850. The van der Waals surface area contributed by atoms with Crippen LogP contribution >= 0.6 is 0 Å². The number of aromatic amines is 1. The Morgan fingerprint density at radius 3 is 2.88 bits per heavy atom. The predicted octanol–water partition coefficient (Wildman–Crippen LogP) is 1.69. The molecule has 0 aromatic carbocycles. The Kier molecular flexibility index (Phi) is 5.30. The summed E-state index contributed by atoms with van der Waals surface area (Å²) in [6.07, 6.45) is 5.02. The number of carbonyl (C=O) groups is 2. The number of nitrogens with zero attached hydrogens (tertiary/aromatic N) is 3. The van der Waals surface area contributed by atoms with Gasteiger partial charge in [-0.1, -0.05) is 0 Å². The number of H-pyrrole nitrogens is 1. The van der Waals surface area contributed by atoms with Crippen LogP contribution in [0.1, 0.15) is 50.1 Å². The van der Waals surface area contributed by atoms with E-state index in [4.69, 9.17) is 0 Å². The van der Waals surface area contributed by atoms with E-state index in [0.717, 1.165) is 25.1 Å². The largest absolute Gasteiger partial charge is 0.340 e. The van der Waals surface area contributed by atoms with Crippen molar-refractivity contribution in [1.29, 1.82) is 0 Å². The fraction of sp³-hybridized carbons (Fsp3) is 0.722. The molecule has 0 bridgehead atoms. The van der Waals surface area contributed by atoms with E-state index in [1.54, 1.807) is 11.9 Å². The summed E-state index contributed by atoms with van der Waals surface area (Å²) in [7, 11) is 1.79. The molecule has 0 unspecified atom stereocenters. The Labute approximate surface area is 149 Å². The van der Waals surface area contributed by atoms with Crippen LogP contribution in [0.5, 0.6) is 0 Å². The monoisotopic (exact) mass is 347 g/mol. The highest BCUT2D eigenvalue weighted by molar-refractivity contribution is 5.79. The molecule has 1 saturated heterocycles. The number of hydrogen-bond donors (Lipinski definition) is 2. The number of aromatic nitrogens is 2. The standard InChI is InChI=1S/C18H29N5O2/c1-12(2)23-10-13(8-17(23)24)9-19-18(25)22(3)11-16-14-6-4-5-7-15(14)20-21-16/h12-13H,4-11H2,1-3H3,(H,19,25)(H,20,21)/t13-/m1/s1. The Morgan fingerprint density at radius 2 is 2.16 bits per heavy atom. The number of nitrogens with one attached hydrogen (secondary N) is 2. The van der Waals surface area contributed by atoms with Crippen LogP contribution in [0, 0.1) is 5.92 Å². The van der Waals surface area contributed by atoms with E-state index in [9.17, 15) is 9.59 Å².